The van der Waals surface area contributed by atoms with Crippen molar-refractivity contribution in [1.82, 2.24) is 14.8 Å². The van der Waals surface area contributed by atoms with Gasteiger partial charge in [0.2, 0.25) is 5.91 Å². The van der Waals surface area contributed by atoms with Crippen molar-refractivity contribution < 1.29 is 14.3 Å². The number of carbonyl (C=O) groups excluding carboxylic acids is 2. The van der Waals surface area contributed by atoms with Crippen molar-refractivity contribution in [2.24, 2.45) is 0 Å². The van der Waals surface area contributed by atoms with E-state index < -0.39 is 11.9 Å². The summed E-state index contributed by atoms with van der Waals surface area (Å²) in [5.74, 6) is -0.594. The van der Waals surface area contributed by atoms with Crippen LogP contribution in [0.2, 0.25) is 0 Å². The molecule has 2 heterocycles. The van der Waals surface area contributed by atoms with Crippen molar-refractivity contribution >= 4 is 28.6 Å². The lowest BCUT2D eigenvalue weighted by atomic mass is 10.0. The molecule has 0 radical (unpaired) electrons. The number of nitrogens with one attached hydrogen (secondary N) is 1. The molecule has 1 aromatic carbocycles. The predicted octanol–water partition coefficient (Wildman–Crippen LogP) is 3.37. The summed E-state index contributed by atoms with van der Waals surface area (Å²) in [4.78, 5) is 29.1. The molecule has 0 fully saturated rings. The molecule has 3 rings (SSSR count). The fourth-order valence-corrected chi connectivity index (χ4v) is 3.18. The van der Waals surface area contributed by atoms with Crippen LogP contribution in [0.15, 0.2) is 24.4 Å². The molecule has 0 saturated heterocycles. The molecule has 0 atom stereocenters. The van der Waals surface area contributed by atoms with Crippen molar-refractivity contribution in [2.75, 3.05) is 11.9 Å². The quantitative estimate of drug-likeness (QED) is 0.668. The van der Waals surface area contributed by atoms with E-state index in [1.54, 1.807) is 13.0 Å². The normalized spacial score (nSPS) is 10.6. The number of benzene rings is 1. The second-order valence-corrected chi connectivity index (χ2v) is 6.70. The minimum absolute atomic E-state index is 0.0957. The number of carbonyl (C=O) groups is 2. The van der Waals surface area contributed by atoms with Gasteiger partial charge in [-0.05, 0) is 51.0 Å². The Morgan fingerprint density at radius 3 is 2.66 bits per heavy atom. The Hall–Kier alpha value is -3.73. The van der Waals surface area contributed by atoms with Crippen LogP contribution in [0.1, 0.15) is 40.4 Å². The number of fused-ring (bicyclic) bond motifs is 1. The molecule has 1 N–H and O–H groups in total. The maximum absolute atomic E-state index is 12.3. The molecule has 148 valence electrons. The minimum Gasteiger partial charge on any atom is -0.462 e. The van der Waals surface area contributed by atoms with Gasteiger partial charge in [-0.2, -0.15) is 15.0 Å². The summed E-state index contributed by atoms with van der Waals surface area (Å²) >= 11 is 0. The Bertz CT molecular complexity index is 1160. The summed E-state index contributed by atoms with van der Waals surface area (Å²) in [7, 11) is 0. The fraction of sp³-hybridized carbons (Fsp3) is 0.286. The van der Waals surface area contributed by atoms with E-state index in [1.807, 2.05) is 32.9 Å². The van der Waals surface area contributed by atoms with Crippen molar-refractivity contribution in [1.29, 1.82) is 5.26 Å². The van der Waals surface area contributed by atoms with Crippen molar-refractivity contribution in [2.45, 2.75) is 34.1 Å². The first kappa shape index (κ1) is 20.0. The Morgan fingerprint density at radius 2 is 1.97 bits per heavy atom. The first-order chi connectivity index (χ1) is 13.8. The largest absolute Gasteiger partial charge is 0.462 e. The van der Waals surface area contributed by atoms with Gasteiger partial charge in [0.1, 0.15) is 12.0 Å². The van der Waals surface area contributed by atoms with Crippen molar-refractivity contribution in [3.63, 3.8) is 0 Å². The van der Waals surface area contributed by atoms with Crippen LogP contribution in [0.25, 0.3) is 16.7 Å². The van der Waals surface area contributed by atoms with Crippen LogP contribution in [0, 0.1) is 32.1 Å². The van der Waals surface area contributed by atoms with E-state index in [0.29, 0.717) is 5.82 Å². The highest BCUT2D eigenvalue weighted by molar-refractivity contribution is 6.01. The third kappa shape index (κ3) is 3.94. The average Bonchev–Trinajstić information content (AvgIpc) is 3.06. The molecule has 8 heteroatoms. The SMILES string of the molecule is CCOC(=O)c1cnn(-c2cc(C)c3cc(C)cc(C)c3n2)c1NC(=O)CC#N. The molecule has 29 heavy (non-hydrogen) atoms. The van der Waals surface area contributed by atoms with Gasteiger partial charge < -0.3 is 10.1 Å². The standard InChI is InChI=1S/C21H21N5O3/c1-5-29-21(28)16-11-23-26(20(16)25-18(27)6-7-22)17-10-13(3)15-9-12(2)8-14(4)19(15)24-17/h8-11H,5-6H2,1-4H3,(H,25,27). The number of amides is 1. The topological polar surface area (TPSA) is 110 Å². The summed E-state index contributed by atoms with van der Waals surface area (Å²) < 4.78 is 6.44. The molecule has 0 bridgehead atoms. The van der Waals surface area contributed by atoms with Crippen LogP contribution in [0.5, 0.6) is 0 Å². The zero-order valence-electron chi connectivity index (χ0n) is 16.7. The van der Waals surface area contributed by atoms with Crippen molar-refractivity contribution in [3.8, 4) is 11.9 Å². The Balaban J connectivity index is 2.18. The molecule has 0 aliphatic carbocycles. The molecule has 3 aromatic rings. The third-order valence-corrected chi connectivity index (χ3v) is 4.42. The Morgan fingerprint density at radius 1 is 1.21 bits per heavy atom. The second-order valence-electron chi connectivity index (χ2n) is 6.70. The van der Waals surface area contributed by atoms with Crippen LogP contribution in [0.3, 0.4) is 0 Å². The summed E-state index contributed by atoms with van der Waals surface area (Å²) in [6.45, 7) is 7.85. The number of anilines is 1. The van der Waals surface area contributed by atoms with Gasteiger partial charge in [0.15, 0.2) is 11.6 Å². The van der Waals surface area contributed by atoms with E-state index in [1.165, 1.54) is 10.9 Å². The molecular weight excluding hydrogens is 370 g/mol. The summed E-state index contributed by atoms with van der Waals surface area (Å²) in [5.41, 5.74) is 4.05. The highest BCUT2D eigenvalue weighted by atomic mass is 16.5. The van der Waals surface area contributed by atoms with Gasteiger partial charge in [0.25, 0.3) is 0 Å². The number of nitrogens with zero attached hydrogens (tertiary/aromatic N) is 4. The van der Waals surface area contributed by atoms with Gasteiger partial charge in [-0.15, -0.1) is 0 Å². The van der Waals surface area contributed by atoms with E-state index in [2.05, 4.69) is 16.5 Å². The molecular formula is C21H21N5O3. The van der Waals surface area contributed by atoms with Crippen LogP contribution in [-0.4, -0.2) is 33.2 Å². The first-order valence-electron chi connectivity index (χ1n) is 9.16. The van der Waals surface area contributed by atoms with Gasteiger partial charge in [-0.25, -0.2) is 9.78 Å². The van der Waals surface area contributed by atoms with Gasteiger partial charge in [0.05, 0.1) is 24.4 Å². The van der Waals surface area contributed by atoms with E-state index in [4.69, 9.17) is 15.0 Å². The molecule has 0 aliphatic heterocycles. The molecule has 2 aromatic heterocycles. The van der Waals surface area contributed by atoms with Crippen LogP contribution < -0.4 is 5.32 Å². The van der Waals surface area contributed by atoms with Crippen LogP contribution in [0.4, 0.5) is 5.82 Å². The predicted molar refractivity (Wildman–Crippen MR) is 108 cm³/mol. The highest BCUT2D eigenvalue weighted by Gasteiger charge is 2.22. The van der Waals surface area contributed by atoms with E-state index >= 15 is 0 Å². The molecule has 8 nitrogen and oxygen atoms in total. The third-order valence-electron chi connectivity index (χ3n) is 4.42. The summed E-state index contributed by atoms with van der Waals surface area (Å²) in [6.07, 6.45) is 0.971. The zero-order chi connectivity index (χ0) is 21.1. The van der Waals surface area contributed by atoms with Crippen LogP contribution in [-0.2, 0) is 9.53 Å². The first-order valence-corrected chi connectivity index (χ1v) is 9.16. The monoisotopic (exact) mass is 391 g/mol. The van der Waals surface area contributed by atoms with E-state index in [0.717, 1.165) is 27.6 Å². The Kier molecular flexibility index (Phi) is 5.59. The van der Waals surface area contributed by atoms with Gasteiger partial charge in [-0.1, -0.05) is 11.6 Å². The van der Waals surface area contributed by atoms with Gasteiger partial charge >= 0.3 is 5.97 Å². The van der Waals surface area contributed by atoms with Crippen LogP contribution >= 0.6 is 0 Å². The lowest BCUT2D eigenvalue weighted by molar-refractivity contribution is -0.115. The number of aromatic nitrogens is 3. The summed E-state index contributed by atoms with van der Waals surface area (Å²) in [5, 5.41) is 16.7. The fourth-order valence-electron chi connectivity index (χ4n) is 3.18. The number of nitriles is 1. The lowest BCUT2D eigenvalue weighted by Crippen LogP contribution is -2.17. The number of hydrogen-bond acceptors (Lipinski definition) is 6. The zero-order valence-corrected chi connectivity index (χ0v) is 16.7. The number of hydrogen-bond donors (Lipinski definition) is 1. The number of ether oxygens (including phenoxy) is 1. The minimum atomic E-state index is -0.615. The van der Waals surface area contributed by atoms with E-state index in [9.17, 15) is 9.59 Å². The molecule has 0 saturated carbocycles. The van der Waals surface area contributed by atoms with E-state index in [-0.39, 0.29) is 24.4 Å². The maximum Gasteiger partial charge on any atom is 0.343 e. The average molecular weight is 391 g/mol. The molecule has 0 unspecified atom stereocenters. The Labute approximate surface area is 168 Å². The van der Waals surface area contributed by atoms with Gasteiger partial charge in [-0.3, -0.25) is 4.79 Å². The lowest BCUT2D eigenvalue weighted by Gasteiger charge is -2.13. The maximum atomic E-state index is 12.3. The second kappa shape index (κ2) is 8.10. The number of pyridine rings is 1. The molecule has 0 spiro atoms. The van der Waals surface area contributed by atoms with Crippen molar-refractivity contribution in [3.05, 3.63) is 46.6 Å². The smallest absolute Gasteiger partial charge is 0.343 e. The number of aryl methyl sites for hydroxylation is 3. The number of esters is 1. The van der Waals surface area contributed by atoms with Gasteiger partial charge in [0, 0.05) is 5.39 Å². The number of rotatable bonds is 5. The molecule has 1 amide bonds. The highest BCUT2D eigenvalue weighted by Crippen LogP contribution is 2.27. The summed E-state index contributed by atoms with van der Waals surface area (Å²) in [6, 6.07) is 7.73. The molecule has 0 aliphatic rings.